The molecule has 0 spiro atoms. The number of nitrogens with zero attached hydrogens (tertiary/aromatic N) is 2. The lowest BCUT2D eigenvalue weighted by atomic mass is 10.1. The standard InChI is InChI=1S/C16H15F3N2O2/c1-10-8-14(20-23-10)15(22)21(13-6-7-13)9-11-2-4-12(5-3-11)16(17,18)19/h2-5,8,13H,6-7,9H2,1H3. The van der Waals surface area contributed by atoms with Crippen molar-refractivity contribution in [3.05, 3.63) is 52.9 Å². The molecule has 0 saturated heterocycles. The van der Waals surface area contributed by atoms with Gasteiger partial charge in [-0.15, -0.1) is 0 Å². The third-order valence-corrected chi connectivity index (χ3v) is 3.73. The van der Waals surface area contributed by atoms with Crippen LogP contribution in [0.15, 0.2) is 34.9 Å². The molecule has 7 heteroatoms. The Bertz CT molecular complexity index is 703. The number of carbonyl (C=O) groups excluding carboxylic acids is 1. The maximum absolute atomic E-state index is 12.6. The highest BCUT2D eigenvalue weighted by Gasteiger charge is 2.34. The second kappa shape index (κ2) is 5.72. The summed E-state index contributed by atoms with van der Waals surface area (Å²) in [6.45, 7) is 1.95. The summed E-state index contributed by atoms with van der Waals surface area (Å²) in [5, 5.41) is 3.72. The Kier molecular flexibility index (Phi) is 3.87. The van der Waals surface area contributed by atoms with Crippen LogP contribution in [0.1, 0.15) is 40.2 Å². The molecule has 0 atom stereocenters. The van der Waals surface area contributed by atoms with Crippen LogP contribution in [0.2, 0.25) is 0 Å². The minimum Gasteiger partial charge on any atom is -0.361 e. The first kappa shape index (κ1) is 15.6. The Morgan fingerprint density at radius 3 is 2.43 bits per heavy atom. The van der Waals surface area contributed by atoms with Gasteiger partial charge in [0.15, 0.2) is 5.69 Å². The Morgan fingerprint density at radius 2 is 1.96 bits per heavy atom. The molecule has 1 aromatic heterocycles. The SMILES string of the molecule is Cc1cc(C(=O)N(Cc2ccc(C(F)(F)F)cc2)C2CC2)no1. The number of aromatic nitrogens is 1. The van der Waals surface area contributed by atoms with Crippen molar-refractivity contribution in [2.45, 2.75) is 38.5 Å². The van der Waals surface area contributed by atoms with Crippen molar-refractivity contribution in [2.24, 2.45) is 0 Å². The fourth-order valence-corrected chi connectivity index (χ4v) is 2.36. The molecule has 0 bridgehead atoms. The van der Waals surface area contributed by atoms with Gasteiger partial charge < -0.3 is 9.42 Å². The van der Waals surface area contributed by atoms with Gasteiger partial charge in [0, 0.05) is 18.7 Å². The number of benzene rings is 1. The first-order chi connectivity index (χ1) is 10.8. The third-order valence-electron chi connectivity index (χ3n) is 3.73. The summed E-state index contributed by atoms with van der Waals surface area (Å²) in [5.41, 5.74) is 0.178. The molecule has 4 nitrogen and oxygen atoms in total. The zero-order valence-electron chi connectivity index (χ0n) is 12.4. The zero-order chi connectivity index (χ0) is 16.6. The lowest BCUT2D eigenvalue weighted by Gasteiger charge is -2.21. The van der Waals surface area contributed by atoms with Gasteiger partial charge in [0.05, 0.1) is 5.56 Å². The first-order valence-corrected chi connectivity index (χ1v) is 7.25. The summed E-state index contributed by atoms with van der Waals surface area (Å²) in [4.78, 5) is 14.1. The van der Waals surface area contributed by atoms with Crippen LogP contribution < -0.4 is 0 Å². The van der Waals surface area contributed by atoms with E-state index in [9.17, 15) is 18.0 Å². The summed E-state index contributed by atoms with van der Waals surface area (Å²) in [5.74, 6) is 0.280. The molecule has 3 rings (SSSR count). The van der Waals surface area contributed by atoms with E-state index in [1.807, 2.05) is 0 Å². The van der Waals surface area contributed by atoms with Crippen LogP contribution in [0.4, 0.5) is 13.2 Å². The molecule has 1 heterocycles. The highest BCUT2D eigenvalue weighted by Crippen LogP contribution is 2.32. The van der Waals surface area contributed by atoms with E-state index in [4.69, 9.17) is 4.52 Å². The Hall–Kier alpha value is -2.31. The van der Waals surface area contributed by atoms with Crippen LogP contribution >= 0.6 is 0 Å². The van der Waals surface area contributed by atoms with Gasteiger partial charge in [0.1, 0.15) is 5.76 Å². The predicted octanol–water partition coefficient (Wildman–Crippen LogP) is 3.81. The van der Waals surface area contributed by atoms with Gasteiger partial charge in [0.25, 0.3) is 5.91 Å². The summed E-state index contributed by atoms with van der Waals surface area (Å²) in [7, 11) is 0. The first-order valence-electron chi connectivity index (χ1n) is 7.25. The number of rotatable bonds is 4. The van der Waals surface area contributed by atoms with E-state index in [2.05, 4.69) is 5.16 Å². The van der Waals surface area contributed by atoms with E-state index >= 15 is 0 Å². The van der Waals surface area contributed by atoms with Crippen molar-refractivity contribution in [1.29, 1.82) is 0 Å². The highest BCUT2D eigenvalue weighted by atomic mass is 19.4. The number of hydrogen-bond acceptors (Lipinski definition) is 3. The van der Waals surface area contributed by atoms with Crippen molar-refractivity contribution in [3.63, 3.8) is 0 Å². The average molecular weight is 324 g/mol. The van der Waals surface area contributed by atoms with Gasteiger partial charge in [-0.1, -0.05) is 17.3 Å². The van der Waals surface area contributed by atoms with Gasteiger partial charge in [-0.05, 0) is 37.5 Å². The van der Waals surface area contributed by atoms with Crippen molar-refractivity contribution in [1.82, 2.24) is 10.1 Å². The fraction of sp³-hybridized carbons (Fsp3) is 0.375. The van der Waals surface area contributed by atoms with Gasteiger partial charge in [0.2, 0.25) is 0 Å². The monoisotopic (exact) mass is 324 g/mol. The molecule has 2 aromatic rings. The van der Waals surface area contributed by atoms with Gasteiger partial charge in [-0.25, -0.2) is 0 Å². The molecule has 1 aromatic carbocycles. The van der Waals surface area contributed by atoms with Crippen LogP contribution in [0.3, 0.4) is 0 Å². The fourth-order valence-electron chi connectivity index (χ4n) is 2.36. The Balaban J connectivity index is 1.76. The second-order valence-electron chi connectivity index (χ2n) is 5.68. The minimum atomic E-state index is -4.36. The van der Waals surface area contributed by atoms with Crippen LogP contribution in [0.25, 0.3) is 0 Å². The number of alkyl halides is 3. The van der Waals surface area contributed by atoms with Crippen LogP contribution in [0.5, 0.6) is 0 Å². The molecule has 122 valence electrons. The lowest BCUT2D eigenvalue weighted by Crippen LogP contribution is -2.32. The number of hydrogen-bond donors (Lipinski definition) is 0. The molecule has 0 N–H and O–H groups in total. The molecule has 0 unspecified atom stereocenters. The summed E-state index contributed by atoms with van der Waals surface area (Å²) >= 11 is 0. The molecule has 1 fully saturated rings. The molecule has 1 aliphatic carbocycles. The van der Waals surface area contributed by atoms with Gasteiger partial charge in [-0.2, -0.15) is 13.2 Å². The van der Waals surface area contributed by atoms with Crippen molar-refractivity contribution < 1.29 is 22.5 Å². The number of aryl methyl sites for hydroxylation is 1. The highest BCUT2D eigenvalue weighted by molar-refractivity contribution is 5.92. The molecule has 23 heavy (non-hydrogen) atoms. The number of carbonyl (C=O) groups is 1. The molecule has 1 aliphatic rings. The smallest absolute Gasteiger partial charge is 0.361 e. The normalized spacial score (nSPS) is 14.8. The van der Waals surface area contributed by atoms with Crippen LogP contribution in [-0.4, -0.2) is 22.0 Å². The summed E-state index contributed by atoms with van der Waals surface area (Å²) in [6.07, 6.45) is -2.57. The lowest BCUT2D eigenvalue weighted by molar-refractivity contribution is -0.137. The zero-order valence-corrected chi connectivity index (χ0v) is 12.4. The average Bonchev–Trinajstić information content (AvgIpc) is 3.25. The largest absolute Gasteiger partial charge is 0.416 e. The minimum absolute atomic E-state index is 0.113. The third kappa shape index (κ3) is 3.55. The van der Waals surface area contributed by atoms with Crippen LogP contribution in [0, 0.1) is 6.92 Å². The number of amides is 1. The van der Waals surface area contributed by atoms with Crippen molar-refractivity contribution in [3.8, 4) is 0 Å². The van der Waals surface area contributed by atoms with E-state index in [0.717, 1.165) is 25.0 Å². The van der Waals surface area contributed by atoms with Crippen LogP contribution in [-0.2, 0) is 12.7 Å². The van der Waals surface area contributed by atoms with Gasteiger partial charge in [-0.3, -0.25) is 4.79 Å². The van der Waals surface area contributed by atoms with Gasteiger partial charge >= 0.3 is 6.18 Å². The molecule has 1 saturated carbocycles. The Labute approximate surface area is 130 Å². The topological polar surface area (TPSA) is 46.3 Å². The summed E-state index contributed by atoms with van der Waals surface area (Å²) in [6, 6.07) is 6.54. The van der Waals surface area contributed by atoms with E-state index in [1.54, 1.807) is 17.9 Å². The molecule has 0 radical (unpaired) electrons. The van der Waals surface area contributed by atoms with E-state index < -0.39 is 11.7 Å². The second-order valence-corrected chi connectivity index (χ2v) is 5.68. The molecule has 0 aliphatic heterocycles. The molecule has 1 amide bonds. The van der Waals surface area contributed by atoms with Crippen molar-refractivity contribution in [2.75, 3.05) is 0 Å². The van der Waals surface area contributed by atoms with E-state index in [1.165, 1.54) is 12.1 Å². The Morgan fingerprint density at radius 1 is 1.30 bits per heavy atom. The quantitative estimate of drug-likeness (QED) is 0.859. The van der Waals surface area contributed by atoms with E-state index in [-0.39, 0.29) is 24.2 Å². The predicted molar refractivity (Wildman–Crippen MR) is 75.6 cm³/mol. The molecular formula is C16H15F3N2O2. The number of halogens is 3. The van der Waals surface area contributed by atoms with E-state index in [0.29, 0.717) is 11.3 Å². The molecular weight excluding hydrogens is 309 g/mol. The summed E-state index contributed by atoms with van der Waals surface area (Å²) < 4.78 is 42.7. The van der Waals surface area contributed by atoms with Crippen molar-refractivity contribution >= 4 is 5.91 Å². The maximum atomic E-state index is 12.6. The maximum Gasteiger partial charge on any atom is 0.416 e.